The third-order valence-electron chi connectivity index (χ3n) is 3.09. The van der Waals surface area contributed by atoms with Crippen LogP contribution in [-0.2, 0) is 0 Å². The van der Waals surface area contributed by atoms with Crippen molar-refractivity contribution in [2.75, 3.05) is 0 Å². The van der Waals surface area contributed by atoms with Crippen LogP contribution in [0.4, 0.5) is 0 Å². The molecule has 2 rings (SSSR count). The largest absolute Gasteiger partial charge is 0.294 e. The first-order valence-electron chi connectivity index (χ1n) is 5.21. The Labute approximate surface area is 85.1 Å². The van der Waals surface area contributed by atoms with Crippen LogP contribution >= 0.6 is 0 Å². The number of ketones is 1. The maximum atomic E-state index is 11.9. The van der Waals surface area contributed by atoms with E-state index in [1.807, 2.05) is 19.1 Å². The van der Waals surface area contributed by atoms with Gasteiger partial charge < -0.3 is 0 Å². The molecule has 0 saturated heterocycles. The number of hydrogen-bond donors (Lipinski definition) is 0. The maximum absolute atomic E-state index is 11.9. The Kier molecular flexibility index (Phi) is 2.18. The van der Waals surface area contributed by atoms with E-state index < -0.39 is 0 Å². The third-order valence-corrected chi connectivity index (χ3v) is 3.09. The van der Waals surface area contributed by atoms with Crippen LogP contribution < -0.4 is 0 Å². The average molecular weight is 188 g/mol. The molecule has 2 unspecified atom stereocenters. The zero-order valence-corrected chi connectivity index (χ0v) is 9.00. The van der Waals surface area contributed by atoms with Crippen LogP contribution in [0.5, 0.6) is 0 Å². The number of carbonyl (C=O) groups is 1. The molecule has 0 amide bonds. The molecule has 0 aliphatic heterocycles. The van der Waals surface area contributed by atoms with Gasteiger partial charge in [-0.1, -0.05) is 30.7 Å². The van der Waals surface area contributed by atoms with Crippen LogP contribution in [0.1, 0.15) is 34.8 Å². The highest BCUT2D eigenvalue weighted by Crippen LogP contribution is 2.40. The summed E-state index contributed by atoms with van der Waals surface area (Å²) in [5, 5.41) is 0. The van der Waals surface area contributed by atoms with Crippen molar-refractivity contribution >= 4 is 5.78 Å². The van der Waals surface area contributed by atoms with Crippen molar-refractivity contribution in [2.45, 2.75) is 27.2 Å². The Hall–Kier alpha value is -1.11. The zero-order chi connectivity index (χ0) is 10.3. The lowest BCUT2D eigenvalue weighted by molar-refractivity contribution is 0.0961. The first kappa shape index (κ1) is 9.45. The number of aryl methyl sites for hydroxylation is 2. The highest BCUT2D eigenvalue weighted by Gasteiger charge is 2.39. The van der Waals surface area contributed by atoms with Crippen LogP contribution in [0.15, 0.2) is 18.2 Å². The Morgan fingerprint density at radius 3 is 2.50 bits per heavy atom. The molecule has 0 radical (unpaired) electrons. The molecule has 2 atom stereocenters. The van der Waals surface area contributed by atoms with E-state index in [1.54, 1.807) is 0 Å². The molecule has 1 saturated carbocycles. The van der Waals surface area contributed by atoms with E-state index in [-0.39, 0.29) is 0 Å². The van der Waals surface area contributed by atoms with Crippen LogP contribution in [-0.4, -0.2) is 5.78 Å². The Bertz CT molecular complexity index is 379. The molecule has 0 bridgehead atoms. The van der Waals surface area contributed by atoms with Gasteiger partial charge in [0.15, 0.2) is 5.78 Å². The highest BCUT2D eigenvalue weighted by atomic mass is 16.1. The highest BCUT2D eigenvalue weighted by molar-refractivity contribution is 6.00. The van der Waals surface area contributed by atoms with Crippen LogP contribution in [0, 0.1) is 25.7 Å². The summed E-state index contributed by atoms with van der Waals surface area (Å²) in [7, 11) is 0. The molecule has 0 aromatic heterocycles. The first-order chi connectivity index (χ1) is 6.59. The summed E-state index contributed by atoms with van der Waals surface area (Å²) < 4.78 is 0. The minimum atomic E-state index is 0.302. The Morgan fingerprint density at radius 2 is 2.00 bits per heavy atom. The van der Waals surface area contributed by atoms with Crippen molar-refractivity contribution in [2.24, 2.45) is 11.8 Å². The molecule has 0 heterocycles. The number of Topliss-reactive ketones (excluding diaryl/α,β-unsaturated/α-hetero) is 1. The van der Waals surface area contributed by atoms with E-state index in [4.69, 9.17) is 0 Å². The fraction of sp³-hybridized carbons (Fsp3) is 0.462. The standard InChI is InChI=1S/C13H16O/c1-8-4-5-11(9(2)6-8)13(14)12-7-10(12)3/h4-6,10,12H,7H2,1-3H3. The lowest BCUT2D eigenvalue weighted by Crippen LogP contribution is -2.05. The fourth-order valence-corrected chi connectivity index (χ4v) is 1.98. The monoisotopic (exact) mass is 188 g/mol. The van der Waals surface area contributed by atoms with Gasteiger partial charge >= 0.3 is 0 Å². The number of rotatable bonds is 2. The van der Waals surface area contributed by atoms with Gasteiger partial charge in [-0.2, -0.15) is 0 Å². The summed E-state index contributed by atoms with van der Waals surface area (Å²) in [5.74, 6) is 1.25. The second-order valence-corrected chi connectivity index (χ2v) is 4.50. The predicted molar refractivity (Wildman–Crippen MR) is 57.5 cm³/mol. The van der Waals surface area contributed by atoms with Crippen molar-refractivity contribution in [1.29, 1.82) is 0 Å². The van der Waals surface area contributed by atoms with Crippen LogP contribution in [0.3, 0.4) is 0 Å². The Balaban J connectivity index is 2.28. The summed E-state index contributed by atoms with van der Waals surface area (Å²) in [5.41, 5.74) is 3.27. The van der Waals surface area contributed by atoms with E-state index in [9.17, 15) is 4.79 Å². The van der Waals surface area contributed by atoms with Crippen LogP contribution in [0.25, 0.3) is 0 Å². The summed E-state index contributed by atoms with van der Waals surface area (Å²) in [6.45, 7) is 6.22. The average Bonchev–Trinajstić information content (AvgIpc) is 2.81. The zero-order valence-electron chi connectivity index (χ0n) is 9.00. The molecule has 74 valence electrons. The maximum Gasteiger partial charge on any atom is 0.166 e. The number of benzene rings is 1. The second-order valence-electron chi connectivity index (χ2n) is 4.50. The lowest BCUT2D eigenvalue weighted by Gasteiger charge is -2.04. The molecule has 0 spiro atoms. The van der Waals surface area contributed by atoms with Gasteiger partial charge in [0, 0.05) is 11.5 Å². The van der Waals surface area contributed by atoms with Gasteiger partial charge in [-0.25, -0.2) is 0 Å². The van der Waals surface area contributed by atoms with Crippen LogP contribution in [0.2, 0.25) is 0 Å². The van der Waals surface area contributed by atoms with Crippen molar-refractivity contribution < 1.29 is 4.79 Å². The minimum absolute atomic E-state index is 0.302. The summed E-state index contributed by atoms with van der Waals surface area (Å²) >= 11 is 0. The number of carbonyl (C=O) groups excluding carboxylic acids is 1. The molecule has 1 aliphatic rings. The predicted octanol–water partition coefficient (Wildman–Crippen LogP) is 3.14. The molecule has 14 heavy (non-hydrogen) atoms. The first-order valence-corrected chi connectivity index (χ1v) is 5.21. The molecule has 1 fully saturated rings. The number of hydrogen-bond acceptors (Lipinski definition) is 1. The Morgan fingerprint density at radius 1 is 1.36 bits per heavy atom. The van der Waals surface area contributed by atoms with Gasteiger partial charge in [0.05, 0.1) is 0 Å². The SMILES string of the molecule is Cc1ccc(C(=O)C2CC2C)c(C)c1. The molecular formula is C13H16O. The van der Waals surface area contributed by atoms with Gasteiger partial charge in [-0.15, -0.1) is 0 Å². The topological polar surface area (TPSA) is 17.1 Å². The van der Waals surface area contributed by atoms with Gasteiger partial charge in [0.2, 0.25) is 0 Å². The molecule has 1 aliphatic carbocycles. The van der Waals surface area contributed by atoms with Crippen molar-refractivity contribution in [1.82, 2.24) is 0 Å². The quantitative estimate of drug-likeness (QED) is 0.652. The fourth-order valence-electron chi connectivity index (χ4n) is 1.98. The van der Waals surface area contributed by atoms with Gasteiger partial charge in [0.25, 0.3) is 0 Å². The second kappa shape index (κ2) is 3.23. The van der Waals surface area contributed by atoms with E-state index in [0.717, 1.165) is 17.5 Å². The summed E-state index contributed by atoms with van der Waals surface area (Å²) in [6.07, 6.45) is 1.08. The summed E-state index contributed by atoms with van der Waals surface area (Å²) in [6, 6.07) is 6.07. The molecule has 1 heteroatoms. The summed E-state index contributed by atoms with van der Waals surface area (Å²) in [4.78, 5) is 11.9. The molecule has 1 aromatic rings. The molecule has 1 aromatic carbocycles. The molecule has 1 nitrogen and oxygen atoms in total. The minimum Gasteiger partial charge on any atom is -0.294 e. The van der Waals surface area contributed by atoms with Gasteiger partial charge in [-0.3, -0.25) is 4.79 Å². The van der Waals surface area contributed by atoms with E-state index in [1.165, 1.54) is 5.56 Å². The smallest absolute Gasteiger partial charge is 0.166 e. The molecular weight excluding hydrogens is 172 g/mol. The van der Waals surface area contributed by atoms with Gasteiger partial charge in [-0.05, 0) is 31.7 Å². The van der Waals surface area contributed by atoms with E-state index >= 15 is 0 Å². The van der Waals surface area contributed by atoms with Crippen molar-refractivity contribution in [3.63, 3.8) is 0 Å². The normalized spacial score (nSPS) is 24.8. The van der Waals surface area contributed by atoms with Gasteiger partial charge in [0.1, 0.15) is 0 Å². The molecule has 0 N–H and O–H groups in total. The van der Waals surface area contributed by atoms with Crippen molar-refractivity contribution in [3.8, 4) is 0 Å². The lowest BCUT2D eigenvalue weighted by atomic mass is 9.99. The van der Waals surface area contributed by atoms with E-state index in [0.29, 0.717) is 17.6 Å². The van der Waals surface area contributed by atoms with Crippen molar-refractivity contribution in [3.05, 3.63) is 34.9 Å². The van der Waals surface area contributed by atoms with E-state index in [2.05, 4.69) is 19.9 Å². The third kappa shape index (κ3) is 1.59.